The summed E-state index contributed by atoms with van der Waals surface area (Å²) in [6.45, 7) is 2.42. The molecule has 6 nitrogen and oxygen atoms in total. The van der Waals surface area contributed by atoms with Crippen LogP contribution in [0.15, 0.2) is 46.4 Å². The van der Waals surface area contributed by atoms with Gasteiger partial charge in [0.2, 0.25) is 0 Å². The van der Waals surface area contributed by atoms with Crippen molar-refractivity contribution in [3.8, 4) is 0 Å². The number of hydrogen-bond acceptors (Lipinski definition) is 4. The smallest absolute Gasteiger partial charge is 0.191 e. The molecule has 1 aromatic heterocycles. The normalized spacial score (nSPS) is 11.6. The van der Waals surface area contributed by atoms with Crippen LogP contribution in [-0.2, 0) is 22.9 Å². The Labute approximate surface area is 170 Å². The molecule has 26 heavy (non-hydrogen) atoms. The third-order valence-corrected chi connectivity index (χ3v) is 4.84. The van der Waals surface area contributed by atoms with E-state index in [-0.39, 0.29) is 36.3 Å². The van der Waals surface area contributed by atoms with Gasteiger partial charge in [-0.25, -0.2) is 12.8 Å². The Bertz CT molecular complexity index is 888. The number of sulfone groups is 1. The summed E-state index contributed by atoms with van der Waals surface area (Å²) in [4.78, 5) is 8.37. The maximum Gasteiger partial charge on any atom is 0.191 e. The Balaban J connectivity index is 0.00000338. The van der Waals surface area contributed by atoms with E-state index in [0.29, 0.717) is 28.7 Å². The van der Waals surface area contributed by atoms with Crippen LogP contribution < -0.4 is 10.6 Å². The van der Waals surface area contributed by atoms with Crippen molar-refractivity contribution >= 4 is 39.8 Å². The van der Waals surface area contributed by atoms with E-state index in [9.17, 15) is 12.8 Å². The average molecular weight is 492 g/mol. The van der Waals surface area contributed by atoms with Crippen molar-refractivity contribution in [2.45, 2.75) is 24.9 Å². The molecular weight excluding hydrogens is 470 g/mol. The van der Waals surface area contributed by atoms with Crippen LogP contribution in [0.2, 0.25) is 0 Å². The van der Waals surface area contributed by atoms with Crippen molar-refractivity contribution in [3.63, 3.8) is 0 Å². The van der Waals surface area contributed by atoms with Crippen LogP contribution in [0, 0.1) is 12.7 Å². The fourth-order valence-electron chi connectivity index (χ4n) is 2.36. The number of nitrogens with one attached hydrogen (secondary N) is 2. The number of hydrogen-bond donors (Lipinski definition) is 2. The number of pyridine rings is 1. The topological polar surface area (TPSA) is 83.5 Å². The molecule has 0 aliphatic carbocycles. The van der Waals surface area contributed by atoms with Gasteiger partial charge < -0.3 is 10.6 Å². The molecule has 0 unspecified atom stereocenters. The lowest BCUT2D eigenvalue weighted by atomic mass is 10.1. The molecular formula is C17H22FIN4O2S. The average Bonchev–Trinajstić information content (AvgIpc) is 2.55. The van der Waals surface area contributed by atoms with Gasteiger partial charge in [0.25, 0.3) is 0 Å². The molecule has 2 N–H and O–H groups in total. The van der Waals surface area contributed by atoms with E-state index in [1.54, 1.807) is 26.1 Å². The molecule has 142 valence electrons. The number of aliphatic imine (C=N–C) groups is 1. The summed E-state index contributed by atoms with van der Waals surface area (Å²) < 4.78 is 36.8. The highest BCUT2D eigenvalue weighted by molar-refractivity contribution is 14.0. The summed E-state index contributed by atoms with van der Waals surface area (Å²) in [5.74, 6) is 0.118. The van der Waals surface area contributed by atoms with Crippen LogP contribution in [-0.4, -0.2) is 32.7 Å². The van der Waals surface area contributed by atoms with Crippen molar-refractivity contribution in [1.82, 2.24) is 15.6 Å². The largest absolute Gasteiger partial charge is 0.352 e. The Morgan fingerprint density at radius 2 is 1.92 bits per heavy atom. The summed E-state index contributed by atoms with van der Waals surface area (Å²) in [5.41, 5.74) is 1.91. The van der Waals surface area contributed by atoms with Gasteiger partial charge in [-0.05, 0) is 36.2 Å². The number of nitrogens with zero attached hydrogens (tertiary/aromatic N) is 2. The summed E-state index contributed by atoms with van der Waals surface area (Å²) in [7, 11) is -1.62. The number of guanidine groups is 1. The van der Waals surface area contributed by atoms with Gasteiger partial charge in [-0.3, -0.25) is 9.98 Å². The molecule has 0 saturated heterocycles. The van der Waals surface area contributed by atoms with Gasteiger partial charge in [0.05, 0.1) is 17.1 Å². The van der Waals surface area contributed by atoms with Crippen LogP contribution in [0.25, 0.3) is 0 Å². The van der Waals surface area contributed by atoms with E-state index < -0.39 is 9.84 Å². The Morgan fingerprint density at radius 1 is 1.23 bits per heavy atom. The second-order valence-electron chi connectivity index (χ2n) is 5.58. The molecule has 0 bridgehead atoms. The Morgan fingerprint density at radius 3 is 2.50 bits per heavy atom. The molecule has 0 fully saturated rings. The first-order valence-electron chi connectivity index (χ1n) is 7.64. The van der Waals surface area contributed by atoms with E-state index >= 15 is 0 Å². The number of aryl methyl sites for hydroxylation is 1. The zero-order valence-corrected chi connectivity index (χ0v) is 17.9. The zero-order chi connectivity index (χ0) is 18.4. The van der Waals surface area contributed by atoms with Gasteiger partial charge in [-0.15, -0.1) is 24.0 Å². The van der Waals surface area contributed by atoms with Crippen LogP contribution in [0.5, 0.6) is 0 Å². The first kappa shape index (κ1) is 22.3. The molecule has 2 rings (SSSR count). The van der Waals surface area contributed by atoms with Crippen molar-refractivity contribution < 1.29 is 12.8 Å². The van der Waals surface area contributed by atoms with Gasteiger partial charge >= 0.3 is 0 Å². The minimum atomic E-state index is -3.23. The van der Waals surface area contributed by atoms with Gasteiger partial charge in [0.15, 0.2) is 15.8 Å². The highest BCUT2D eigenvalue weighted by Gasteiger charge is 2.11. The SMILES string of the molecule is CN=C(NCc1ccc(S(C)(=O)=O)c(C)c1)NCc1ncccc1F.I. The lowest BCUT2D eigenvalue weighted by Crippen LogP contribution is -2.36. The number of aromatic nitrogens is 1. The van der Waals surface area contributed by atoms with Gasteiger partial charge in [-0.2, -0.15) is 0 Å². The van der Waals surface area contributed by atoms with E-state index in [1.165, 1.54) is 24.6 Å². The van der Waals surface area contributed by atoms with Crippen molar-refractivity contribution in [2.75, 3.05) is 13.3 Å². The summed E-state index contributed by atoms with van der Waals surface area (Å²) >= 11 is 0. The molecule has 0 aliphatic rings. The highest BCUT2D eigenvalue weighted by atomic mass is 127. The molecule has 0 saturated carbocycles. The van der Waals surface area contributed by atoms with Gasteiger partial charge in [0, 0.05) is 26.0 Å². The molecule has 1 aromatic carbocycles. The standard InChI is InChI=1S/C17H21FN4O2S.HI/c1-12-9-13(6-7-16(12)25(3,23)24)10-21-17(19-2)22-11-15-14(18)5-4-8-20-15;/h4-9H,10-11H2,1-3H3,(H2,19,21,22);1H. The molecule has 0 radical (unpaired) electrons. The minimum Gasteiger partial charge on any atom is -0.352 e. The quantitative estimate of drug-likeness (QED) is 0.381. The first-order chi connectivity index (χ1) is 11.8. The molecule has 0 atom stereocenters. The van der Waals surface area contributed by atoms with Gasteiger partial charge in [-0.1, -0.05) is 12.1 Å². The minimum absolute atomic E-state index is 0. The van der Waals surface area contributed by atoms with Crippen LogP contribution >= 0.6 is 24.0 Å². The molecule has 0 spiro atoms. The van der Waals surface area contributed by atoms with Crippen LogP contribution in [0.1, 0.15) is 16.8 Å². The van der Waals surface area contributed by atoms with Gasteiger partial charge in [0.1, 0.15) is 5.82 Å². The monoisotopic (exact) mass is 492 g/mol. The van der Waals surface area contributed by atoms with E-state index in [1.807, 2.05) is 6.07 Å². The molecule has 0 aliphatic heterocycles. The zero-order valence-electron chi connectivity index (χ0n) is 14.8. The highest BCUT2D eigenvalue weighted by Crippen LogP contribution is 2.16. The Kier molecular flexibility index (Phi) is 8.41. The third-order valence-electron chi connectivity index (χ3n) is 3.58. The fraction of sp³-hybridized carbons (Fsp3) is 0.294. The summed E-state index contributed by atoms with van der Waals surface area (Å²) in [6, 6.07) is 8.05. The Hall–Kier alpha value is -1.75. The fourth-order valence-corrected chi connectivity index (χ4v) is 3.32. The lowest BCUT2D eigenvalue weighted by Gasteiger charge is -2.13. The van der Waals surface area contributed by atoms with Crippen molar-refractivity contribution in [2.24, 2.45) is 4.99 Å². The first-order valence-corrected chi connectivity index (χ1v) is 9.54. The summed E-state index contributed by atoms with van der Waals surface area (Å²) in [6.07, 6.45) is 2.72. The maximum atomic E-state index is 13.6. The van der Waals surface area contributed by atoms with E-state index in [0.717, 1.165) is 5.56 Å². The number of halogens is 2. The maximum absolute atomic E-state index is 13.6. The second-order valence-corrected chi connectivity index (χ2v) is 7.57. The van der Waals surface area contributed by atoms with Crippen LogP contribution in [0.3, 0.4) is 0 Å². The second kappa shape index (κ2) is 9.81. The predicted molar refractivity (Wildman–Crippen MR) is 111 cm³/mol. The predicted octanol–water partition coefficient (Wildman–Crippen LogP) is 2.42. The molecule has 1 heterocycles. The lowest BCUT2D eigenvalue weighted by molar-refractivity contribution is 0.592. The molecule has 9 heteroatoms. The number of benzene rings is 1. The van der Waals surface area contributed by atoms with Crippen molar-refractivity contribution in [3.05, 3.63) is 59.2 Å². The molecule has 0 amide bonds. The van der Waals surface area contributed by atoms with E-state index in [2.05, 4.69) is 20.6 Å². The summed E-state index contributed by atoms with van der Waals surface area (Å²) in [5, 5.41) is 6.09. The van der Waals surface area contributed by atoms with Crippen molar-refractivity contribution in [1.29, 1.82) is 0 Å². The molecule has 2 aromatic rings. The van der Waals surface area contributed by atoms with Crippen LogP contribution in [0.4, 0.5) is 4.39 Å². The third kappa shape index (κ3) is 6.20. The van der Waals surface area contributed by atoms with E-state index in [4.69, 9.17) is 0 Å². The number of rotatable bonds is 5.